The van der Waals surface area contributed by atoms with E-state index < -0.39 is 11.8 Å². The van der Waals surface area contributed by atoms with Gasteiger partial charge in [0.15, 0.2) is 17.3 Å². The van der Waals surface area contributed by atoms with Crippen LogP contribution in [0.2, 0.25) is 0 Å². The fourth-order valence-electron chi connectivity index (χ4n) is 2.61. The number of allylic oxidation sites excluding steroid dienone is 5. The van der Waals surface area contributed by atoms with E-state index in [0.29, 0.717) is 5.70 Å². The Balaban J connectivity index is 1.97. The van der Waals surface area contributed by atoms with E-state index in [-0.39, 0.29) is 34.4 Å². The molecule has 0 saturated heterocycles. The lowest BCUT2D eigenvalue weighted by molar-refractivity contribution is 0.0953. The Kier molecular flexibility index (Phi) is 6.45. The Bertz CT molecular complexity index is 1160. The number of hydrogen-bond donors (Lipinski definition) is 3. The molecule has 0 saturated carbocycles. The van der Waals surface area contributed by atoms with Crippen molar-refractivity contribution in [3.63, 3.8) is 0 Å². The second kappa shape index (κ2) is 9.39. The standard InChI is InChI=1S/C20H20N8O3/c1-12(29)14-10-23-18(25-13-7-5-4-6-8-22-9-13)16(26-14)19(30)27-15-11-24-28(3)17(15)20(31)21-2/h4-11H,1-3H3,(H,21,31)(H,23,25)(H,27,30)/b5-4+,6-4?,7-5?,8-6+,13-7+,13-9?,22-8?,22-9-. The molecule has 0 atom stereocenters. The second-order valence-corrected chi connectivity index (χ2v) is 6.32. The van der Waals surface area contributed by atoms with Crippen LogP contribution in [0.25, 0.3) is 0 Å². The van der Waals surface area contributed by atoms with Gasteiger partial charge in [-0.25, -0.2) is 9.97 Å². The van der Waals surface area contributed by atoms with Gasteiger partial charge < -0.3 is 16.0 Å². The quantitative estimate of drug-likeness (QED) is 0.601. The van der Waals surface area contributed by atoms with Crippen LogP contribution in [0.5, 0.6) is 0 Å². The summed E-state index contributed by atoms with van der Waals surface area (Å²) in [4.78, 5) is 49.4. The van der Waals surface area contributed by atoms with Crippen LogP contribution in [0, 0.1) is 0 Å². The van der Waals surface area contributed by atoms with Crippen LogP contribution in [0.4, 0.5) is 11.5 Å². The van der Waals surface area contributed by atoms with Gasteiger partial charge in [-0.05, 0) is 12.2 Å². The molecule has 1 aliphatic rings. The average molecular weight is 420 g/mol. The summed E-state index contributed by atoms with van der Waals surface area (Å²) >= 11 is 0. The van der Waals surface area contributed by atoms with Crippen LogP contribution in [-0.4, -0.2) is 50.6 Å². The zero-order chi connectivity index (χ0) is 22.4. The summed E-state index contributed by atoms with van der Waals surface area (Å²) in [6, 6.07) is 0. The van der Waals surface area contributed by atoms with Crippen molar-refractivity contribution in [3.8, 4) is 0 Å². The lowest BCUT2D eigenvalue weighted by Gasteiger charge is -2.12. The summed E-state index contributed by atoms with van der Waals surface area (Å²) in [5, 5.41) is 12.1. The molecule has 0 bridgehead atoms. The number of Topliss-reactive ketones (excluding diaryl/α,β-unsaturated/α-hetero) is 1. The third kappa shape index (κ3) is 4.96. The number of hydrogen-bond acceptors (Lipinski definition) is 8. The maximum atomic E-state index is 13.0. The average Bonchev–Trinajstić information content (AvgIpc) is 3.09. The van der Waals surface area contributed by atoms with E-state index in [1.54, 1.807) is 43.8 Å². The third-order valence-corrected chi connectivity index (χ3v) is 4.12. The van der Waals surface area contributed by atoms with Gasteiger partial charge in [-0.1, -0.05) is 12.2 Å². The van der Waals surface area contributed by atoms with Crippen LogP contribution >= 0.6 is 0 Å². The number of rotatable bonds is 6. The van der Waals surface area contributed by atoms with Crippen molar-refractivity contribution in [2.75, 3.05) is 17.7 Å². The van der Waals surface area contributed by atoms with Gasteiger partial charge in [0.1, 0.15) is 11.4 Å². The molecule has 31 heavy (non-hydrogen) atoms. The first-order chi connectivity index (χ1) is 14.9. The number of carbonyl (C=O) groups excluding carboxylic acids is 3. The molecule has 3 heterocycles. The molecular formula is C20H20N8O3. The summed E-state index contributed by atoms with van der Waals surface area (Å²) < 4.78 is 1.33. The highest BCUT2D eigenvalue weighted by Crippen LogP contribution is 2.19. The van der Waals surface area contributed by atoms with Crippen molar-refractivity contribution in [1.29, 1.82) is 0 Å². The smallest absolute Gasteiger partial charge is 0.278 e. The molecule has 0 spiro atoms. The lowest BCUT2D eigenvalue weighted by Crippen LogP contribution is -2.24. The Morgan fingerprint density at radius 2 is 1.87 bits per heavy atom. The van der Waals surface area contributed by atoms with Crippen molar-refractivity contribution in [3.05, 3.63) is 65.7 Å². The van der Waals surface area contributed by atoms with Gasteiger partial charge in [0.25, 0.3) is 11.8 Å². The largest absolute Gasteiger partial charge is 0.354 e. The first-order valence-electron chi connectivity index (χ1n) is 9.17. The summed E-state index contributed by atoms with van der Waals surface area (Å²) in [6.07, 6.45) is 12.9. The van der Waals surface area contributed by atoms with Crippen molar-refractivity contribution in [1.82, 2.24) is 25.1 Å². The number of amides is 2. The molecule has 11 nitrogen and oxygen atoms in total. The van der Waals surface area contributed by atoms with Crippen LogP contribution < -0.4 is 16.0 Å². The van der Waals surface area contributed by atoms with Crippen molar-refractivity contribution in [2.45, 2.75) is 6.92 Å². The summed E-state index contributed by atoms with van der Waals surface area (Å²) in [5.41, 5.74) is 0.791. The minimum absolute atomic E-state index is 0.0246. The molecule has 2 amide bonds. The van der Waals surface area contributed by atoms with Crippen LogP contribution in [-0.2, 0) is 7.05 Å². The van der Waals surface area contributed by atoms with Gasteiger partial charge in [-0.3, -0.25) is 24.1 Å². The Labute approximate surface area is 177 Å². The zero-order valence-corrected chi connectivity index (χ0v) is 17.1. The van der Waals surface area contributed by atoms with Crippen LogP contribution in [0.15, 0.2) is 53.6 Å². The summed E-state index contributed by atoms with van der Waals surface area (Å²) in [6.45, 7) is 1.32. The van der Waals surface area contributed by atoms with Crippen molar-refractivity contribution >= 4 is 35.3 Å². The van der Waals surface area contributed by atoms with Gasteiger partial charge in [-0.2, -0.15) is 5.10 Å². The number of nitrogens with zero attached hydrogens (tertiary/aromatic N) is 5. The first-order valence-corrected chi connectivity index (χ1v) is 9.17. The predicted octanol–water partition coefficient (Wildman–Crippen LogP) is 1.47. The molecule has 11 heteroatoms. The van der Waals surface area contributed by atoms with E-state index in [0.717, 1.165) is 0 Å². The fourth-order valence-corrected chi connectivity index (χ4v) is 2.61. The van der Waals surface area contributed by atoms with E-state index in [1.165, 1.54) is 31.0 Å². The molecule has 0 unspecified atom stereocenters. The Morgan fingerprint density at radius 3 is 2.61 bits per heavy atom. The number of anilines is 2. The maximum absolute atomic E-state index is 13.0. The minimum Gasteiger partial charge on any atom is -0.354 e. The molecule has 2 aromatic rings. The number of aryl methyl sites for hydroxylation is 1. The highest BCUT2D eigenvalue weighted by molar-refractivity contribution is 6.10. The molecule has 2 aromatic heterocycles. The second-order valence-electron chi connectivity index (χ2n) is 6.32. The number of aromatic nitrogens is 4. The minimum atomic E-state index is -0.671. The van der Waals surface area contributed by atoms with Gasteiger partial charge in [0.05, 0.1) is 30.0 Å². The number of carbonyl (C=O) groups is 3. The molecule has 3 N–H and O–H groups in total. The van der Waals surface area contributed by atoms with Crippen molar-refractivity contribution in [2.24, 2.45) is 12.0 Å². The lowest BCUT2D eigenvalue weighted by atomic mass is 10.2. The summed E-state index contributed by atoms with van der Waals surface area (Å²) in [5.74, 6) is -1.33. The molecule has 0 radical (unpaired) electrons. The van der Waals surface area contributed by atoms with Gasteiger partial charge in [0, 0.05) is 27.2 Å². The molecule has 158 valence electrons. The van der Waals surface area contributed by atoms with Crippen LogP contribution in [0.1, 0.15) is 38.4 Å². The molecule has 3 rings (SSSR count). The molecule has 1 aliphatic heterocycles. The fraction of sp³-hybridized carbons (Fsp3) is 0.150. The van der Waals surface area contributed by atoms with Crippen LogP contribution in [0.3, 0.4) is 0 Å². The monoisotopic (exact) mass is 420 g/mol. The number of nitrogens with one attached hydrogen (secondary N) is 3. The molecular weight excluding hydrogens is 400 g/mol. The van der Waals surface area contributed by atoms with Crippen molar-refractivity contribution < 1.29 is 14.4 Å². The zero-order valence-electron chi connectivity index (χ0n) is 17.1. The molecule has 0 aromatic carbocycles. The Hall–Kier alpha value is -4.41. The van der Waals surface area contributed by atoms with Gasteiger partial charge in [0.2, 0.25) is 0 Å². The van der Waals surface area contributed by atoms with E-state index in [9.17, 15) is 14.4 Å². The Morgan fingerprint density at radius 1 is 1.06 bits per heavy atom. The third-order valence-electron chi connectivity index (χ3n) is 4.12. The predicted molar refractivity (Wildman–Crippen MR) is 115 cm³/mol. The first kappa shape index (κ1) is 21.3. The number of ketones is 1. The van der Waals surface area contributed by atoms with E-state index in [4.69, 9.17) is 0 Å². The van der Waals surface area contributed by atoms with E-state index in [1.807, 2.05) is 0 Å². The molecule has 0 aliphatic carbocycles. The highest BCUT2D eigenvalue weighted by Gasteiger charge is 2.22. The molecule has 0 fully saturated rings. The van der Waals surface area contributed by atoms with Gasteiger partial charge in [-0.15, -0.1) is 0 Å². The SMILES string of the molecule is CNC(=O)c1c(NC(=O)c2nc(C(C)=O)cnc2NC2=C/C=C/C=C/N=C\2)cnn1C. The highest BCUT2D eigenvalue weighted by atomic mass is 16.2. The van der Waals surface area contributed by atoms with E-state index in [2.05, 4.69) is 36.0 Å². The van der Waals surface area contributed by atoms with Gasteiger partial charge >= 0.3 is 0 Å². The normalized spacial score (nSPS) is 17.3. The number of aliphatic imine (C=N–C) groups is 1. The summed E-state index contributed by atoms with van der Waals surface area (Å²) in [7, 11) is 3.05. The maximum Gasteiger partial charge on any atom is 0.278 e. The topological polar surface area (TPSA) is 143 Å². The van der Waals surface area contributed by atoms with E-state index >= 15 is 0 Å².